The van der Waals surface area contributed by atoms with Crippen LogP contribution in [-0.2, 0) is 12.0 Å². The van der Waals surface area contributed by atoms with E-state index in [1.54, 1.807) is 0 Å². The summed E-state index contributed by atoms with van der Waals surface area (Å²) in [6.45, 7) is 12.8. The lowest BCUT2D eigenvalue weighted by atomic mass is 9.78. The van der Waals surface area contributed by atoms with E-state index in [0.717, 1.165) is 37.0 Å². The van der Waals surface area contributed by atoms with Crippen molar-refractivity contribution in [2.24, 2.45) is 0 Å². The van der Waals surface area contributed by atoms with E-state index in [1.165, 1.54) is 11.1 Å². The summed E-state index contributed by atoms with van der Waals surface area (Å²) < 4.78 is 0. The first-order chi connectivity index (χ1) is 11.4. The predicted molar refractivity (Wildman–Crippen MR) is 101 cm³/mol. The largest absolute Gasteiger partial charge is 0.352 e. The van der Waals surface area contributed by atoms with Gasteiger partial charge in [-0.3, -0.25) is 0 Å². The summed E-state index contributed by atoms with van der Waals surface area (Å²) in [4.78, 5) is 11.7. The lowest BCUT2D eigenvalue weighted by Gasteiger charge is -2.40. The van der Waals surface area contributed by atoms with E-state index in [2.05, 4.69) is 73.2 Å². The van der Waals surface area contributed by atoms with E-state index >= 15 is 0 Å². The molecule has 3 rings (SSSR count). The van der Waals surface area contributed by atoms with Crippen LogP contribution in [0.2, 0.25) is 0 Å². The number of anilines is 2. The van der Waals surface area contributed by atoms with E-state index < -0.39 is 0 Å². The van der Waals surface area contributed by atoms with Crippen molar-refractivity contribution in [1.29, 1.82) is 0 Å². The zero-order valence-corrected chi connectivity index (χ0v) is 15.4. The highest BCUT2D eigenvalue weighted by atomic mass is 15.2. The van der Waals surface area contributed by atoms with Crippen molar-refractivity contribution in [2.45, 2.75) is 59.0 Å². The van der Waals surface area contributed by atoms with Crippen LogP contribution >= 0.6 is 0 Å². The van der Waals surface area contributed by atoms with Gasteiger partial charge in [-0.1, -0.05) is 45.0 Å². The van der Waals surface area contributed by atoms with E-state index in [0.29, 0.717) is 6.04 Å². The van der Waals surface area contributed by atoms with Gasteiger partial charge in [-0.25, -0.2) is 4.98 Å². The predicted octanol–water partition coefficient (Wildman–Crippen LogP) is 4.29. The fourth-order valence-corrected chi connectivity index (χ4v) is 3.41. The number of aromatic nitrogens is 2. The smallest absolute Gasteiger partial charge is 0.225 e. The molecular weight excluding hydrogens is 296 g/mol. The maximum absolute atomic E-state index is 4.79. The monoisotopic (exact) mass is 324 g/mol. The van der Waals surface area contributed by atoms with Crippen LogP contribution in [0.1, 0.15) is 50.9 Å². The molecule has 0 bridgehead atoms. The number of hydrogen-bond donors (Lipinski definition) is 1. The SMILES string of the molecule is CC[C@@H](C)Nc1nc(C)cc(N2Cc3ccccc3C(C)(C)C2)n1. The van der Waals surface area contributed by atoms with Crippen LogP contribution in [0.15, 0.2) is 30.3 Å². The van der Waals surface area contributed by atoms with Crippen LogP contribution in [0.25, 0.3) is 0 Å². The Bertz CT molecular complexity index is 723. The van der Waals surface area contributed by atoms with Crippen molar-refractivity contribution in [3.8, 4) is 0 Å². The van der Waals surface area contributed by atoms with Crippen LogP contribution in [0, 0.1) is 6.92 Å². The standard InChI is InChI=1S/C20H28N4/c1-6-14(2)21-19-22-15(3)11-18(23-19)24-12-16-9-7-8-10-17(16)20(4,5)13-24/h7-11,14H,6,12-13H2,1-5H3,(H,21,22,23)/t14-/m1/s1. The van der Waals surface area contributed by atoms with Crippen LogP contribution < -0.4 is 10.2 Å². The van der Waals surface area contributed by atoms with Gasteiger partial charge in [-0.2, -0.15) is 4.98 Å². The first kappa shape index (κ1) is 16.7. The molecular formula is C20H28N4. The average molecular weight is 324 g/mol. The van der Waals surface area contributed by atoms with Crippen LogP contribution in [-0.4, -0.2) is 22.6 Å². The summed E-state index contributed by atoms with van der Waals surface area (Å²) in [5.74, 6) is 1.74. The summed E-state index contributed by atoms with van der Waals surface area (Å²) in [5.41, 5.74) is 3.95. The summed E-state index contributed by atoms with van der Waals surface area (Å²) in [5, 5.41) is 3.40. The molecule has 0 saturated carbocycles. The molecule has 2 aromatic rings. The van der Waals surface area contributed by atoms with Gasteiger partial charge in [0.05, 0.1) is 0 Å². The summed E-state index contributed by atoms with van der Waals surface area (Å²) in [7, 11) is 0. The molecule has 0 aliphatic carbocycles. The number of rotatable bonds is 4. The number of benzene rings is 1. The highest BCUT2D eigenvalue weighted by molar-refractivity contribution is 5.50. The maximum atomic E-state index is 4.79. The lowest BCUT2D eigenvalue weighted by molar-refractivity contribution is 0.474. The first-order valence-corrected chi connectivity index (χ1v) is 8.84. The molecule has 0 unspecified atom stereocenters. The molecule has 1 atom stereocenters. The average Bonchev–Trinajstić information content (AvgIpc) is 2.53. The molecule has 0 spiro atoms. The Kier molecular flexibility index (Phi) is 4.48. The fraction of sp³-hybridized carbons (Fsp3) is 0.500. The molecule has 0 fully saturated rings. The Morgan fingerprint density at radius 2 is 2.00 bits per heavy atom. The van der Waals surface area contributed by atoms with Gasteiger partial charge in [0, 0.05) is 36.3 Å². The zero-order chi connectivity index (χ0) is 17.3. The molecule has 128 valence electrons. The second kappa shape index (κ2) is 6.42. The second-order valence-electron chi connectivity index (χ2n) is 7.54. The van der Waals surface area contributed by atoms with Gasteiger partial charge < -0.3 is 10.2 Å². The summed E-state index contributed by atoms with van der Waals surface area (Å²) in [6, 6.07) is 11.2. The third kappa shape index (κ3) is 3.37. The highest BCUT2D eigenvalue weighted by Gasteiger charge is 2.32. The van der Waals surface area contributed by atoms with Crippen molar-refractivity contribution in [3.63, 3.8) is 0 Å². The van der Waals surface area contributed by atoms with E-state index in [9.17, 15) is 0 Å². The molecule has 1 aromatic carbocycles. The number of hydrogen-bond acceptors (Lipinski definition) is 4. The van der Waals surface area contributed by atoms with Crippen molar-refractivity contribution >= 4 is 11.8 Å². The van der Waals surface area contributed by atoms with Crippen LogP contribution in [0.4, 0.5) is 11.8 Å². The molecule has 24 heavy (non-hydrogen) atoms. The Labute approximate surface area is 145 Å². The van der Waals surface area contributed by atoms with Gasteiger partial charge >= 0.3 is 0 Å². The number of nitrogens with zero attached hydrogens (tertiary/aromatic N) is 3. The second-order valence-corrected chi connectivity index (χ2v) is 7.54. The minimum Gasteiger partial charge on any atom is -0.352 e. The minimum atomic E-state index is 0.109. The zero-order valence-electron chi connectivity index (χ0n) is 15.4. The molecule has 2 heterocycles. The Balaban J connectivity index is 1.93. The maximum Gasteiger partial charge on any atom is 0.225 e. The van der Waals surface area contributed by atoms with E-state index in [1.807, 2.05) is 6.92 Å². The van der Waals surface area contributed by atoms with E-state index in [4.69, 9.17) is 4.98 Å². The van der Waals surface area contributed by atoms with E-state index in [-0.39, 0.29) is 5.41 Å². The topological polar surface area (TPSA) is 41.1 Å². The molecule has 4 nitrogen and oxygen atoms in total. The molecule has 1 aliphatic heterocycles. The third-order valence-corrected chi connectivity index (χ3v) is 4.85. The molecule has 1 aromatic heterocycles. The van der Waals surface area contributed by atoms with Crippen molar-refractivity contribution in [2.75, 3.05) is 16.8 Å². The van der Waals surface area contributed by atoms with Crippen molar-refractivity contribution in [3.05, 3.63) is 47.2 Å². The Hall–Kier alpha value is -2.10. The highest BCUT2D eigenvalue weighted by Crippen LogP contribution is 2.35. The molecule has 0 amide bonds. The lowest BCUT2D eigenvalue weighted by Crippen LogP contribution is -2.42. The molecule has 4 heteroatoms. The van der Waals surface area contributed by atoms with Crippen molar-refractivity contribution in [1.82, 2.24) is 9.97 Å². The Morgan fingerprint density at radius 3 is 2.75 bits per heavy atom. The summed E-state index contributed by atoms with van der Waals surface area (Å²) in [6.07, 6.45) is 1.05. The molecule has 1 aliphatic rings. The molecule has 0 saturated heterocycles. The quantitative estimate of drug-likeness (QED) is 0.911. The minimum absolute atomic E-state index is 0.109. The van der Waals surface area contributed by atoms with Crippen molar-refractivity contribution < 1.29 is 0 Å². The van der Waals surface area contributed by atoms with Crippen LogP contribution in [0.5, 0.6) is 0 Å². The fourth-order valence-electron chi connectivity index (χ4n) is 3.41. The van der Waals surface area contributed by atoms with Gasteiger partial charge in [0.2, 0.25) is 5.95 Å². The van der Waals surface area contributed by atoms with Gasteiger partial charge in [0.1, 0.15) is 5.82 Å². The first-order valence-electron chi connectivity index (χ1n) is 8.84. The number of fused-ring (bicyclic) bond motifs is 1. The van der Waals surface area contributed by atoms with Gasteiger partial charge in [-0.05, 0) is 31.4 Å². The number of nitrogens with one attached hydrogen (secondary N) is 1. The normalized spacial score (nSPS) is 17.3. The third-order valence-electron chi connectivity index (χ3n) is 4.85. The number of aryl methyl sites for hydroxylation is 1. The molecule has 1 N–H and O–H groups in total. The van der Waals surface area contributed by atoms with Gasteiger partial charge in [0.25, 0.3) is 0 Å². The Morgan fingerprint density at radius 1 is 1.25 bits per heavy atom. The van der Waals surface area contributed by atoms with Gasteiger partial charge in [0.15, 0.2) is 0 Å². The molecule has 0 radical (unpaired) electrons. The van der Waals surface area contributed by atoms with Gasteiger partial charge in [-0.15, -0.1) is 0 Å². The van der Waals surface area contributed by atoms with Crippen LogP contribution in [0.3, 0.4) is 0 Å². The summed E-state index contributed by atoms with van der Waals surface area (Å²) >= 11 is 0.